The number of aromatic nitrogens is 4. The molecule has 0 bridgehead atoms. The summed E-state index contributed by atoms with van der Waals surface area (Å²) < 4.78 is 0. The fraction of sp³-hybridized carbons (Fsp3) is 0.311. The summed E-state index contributed by atoms with van der Waals surface area (Å²) in [6.07, 6.45) is 0. The Labute approximate surface area is 809 Å². The smallest absolute Gasteiger partial charge is 0.300 e. The van der Waals surface area contributed by atoms with E-state index in [1.54, 1.807) is 24.3 Å². The number of carboxylic acid groups (broad SMARTS) is 1. The van der Waals surface area contributed by atoms with Crippen LogP contribution in [0.3, 0.4) is 0 Å². The van der Waals surface area contributed by atoms with Gasteiger partial charge in [-0.15, -0.1) is 0 Å². The Morgan fingerprint density at radius 3 is 0.508 bits per heavy atom. The molecule has 0 amide bonds. The van der Waals surface area contributed by atoms with Gasteiger partial charge < -0.3 is 67.9 Å². The predicted octanol–water partition coefficient (Wildman–Crippen LogP) is 23.7. The first-order chi connectivity index (χ1) is 55.6. The molecule has 128 heavy (non-hydrogen) atoms. The van der Waals surface area contributed by atoms with E-state index in [0.717, 1.165) is 73.0 Å². The maximum absolute atomic E-state index is 12.1. The van der Waals surface area contributed by atoms with Gasteiger partial charge in [0.15, 0.2) is 0 Å². The van der Waals surface area contributed by atoms with Gasteiger partial charge in [0.05, 0.1) is 44.8 Å². The molecule has 22 heteroatoms. The maximum Gasteiger partial charge on any atom is 0.300 e. The van der Waals surface area contributed by atoms with Crippen LogP contribution in [0.1, 0.15) is 218 Å². The van der Waals surface area contributed by atoms with E-state index in [1.165, 1.54) is 0 Å². The third kappa shape index (κ3) is 23.5. The number of hydrogen-bond acceptors (Lipinski definition) is 13. The molecule has 679 valence electrons. The van der Waals surface area contributed by atoms with Crippen LogP contribution in [0.15, 0.2) is 194 Å². The van der Waals surface area contributed by atoms with Crippen molar-refractivity contribution < 1.29 is 156 Å². The molecule has 3 radical (unpaired) electrons. The summed E-state index contributed by atoms with van der Waals surface area (Å²) in [7, 11) is 0. The maximum atomic E-state index is 12.1. The molecule has 14 aromatic rings. The number of pyridine rings is 4. The van der Waals surface area contributed by atoms with Crippen LogP contribution in [0.5, 0.6) is 46.0 Å². The second-order valence-corrected chi connectivity index (χ2v) is 40.3. The van der Waals surface area contributed by atoms with Crippen molar-refractivity contribution >= 4 is 49.6 Å². The van der Waals surface area contributed by atoms with E-state index in [-0.39, 0.29) is 194 Å². The minimum atomic E-state index is -0.833. The SMILES string of the molecule is CC(=O)O.CC(C)(C)c1ccc(O)c(-c2cc(C(C)(C)C)cc(-c3ccc4ccc5ccc(-c6cc(C(C)(C)C)cc(-c7cc(C(C)(C)C)ccc7O)c6O)nc5c4n3)c2O)c1.CC(C)(C)c1ccc(O)c(-c2cc(C(C)(C)C)cc(-c3ccc4ccc5ccc(-c6cc(C(C)(C)C)cc(-c7cc(C(C)(C)C)ccc7O)c6O)nc5c4n3)c2O)c1.O.O.O.O.[Co].[Co].[U].[V]. The van der Waals surface area contributed by atoms with Crippen LogP contribution in [-0.2, 0) is 100 Å². The zero-order chi connectivity index (χ0) is 88.1. The Morgan fingerprint density at radius 2 is 0.359 bits per heavy atom. The number of phenols is 8. The quantitative estimate of drug-likeness (QED) is 0.0639. The topological polar surface area (TPSA) is 377 Å². The molecule has 4 heterocycles. The summed E-state index contributed by atoms with van der Waals surface area (Å²) in [6.45, 7) is 52.1. The van der Waals surface area contributed by atoms with Gasteiger partial charge in [0.25, 0.3) is 5.97 Å². The van der Waals surface area contributed by atoms with E-state index in [1.807, 2.05) is 170 Å². The van der Waals surface area contributed by atoms with Crippen LogP contribution in [0.4, 0.5) is 0 Å². The van der Waals surface area contributed by atoms with Gasteiger partial charge in [0, 0.05) is 178 Å². The zero-order valence-electron chi connectivity index (χ0n) is 77.8. The van der Waals surface area contributed by atoms with E-state index in [2.05, 4.69) is 166 Å². The van der Waals surface area contributed by atoms with Crippen molar-refractivity contribution in [2.75, 3.05) is 0 Å². The van der Waals surface area contributed by atoms with Crippen LogP contribution in [-0.4, -0.2) is 93.8 Å². The number of phenolic OH excluding ortho intramolecular Hbond substituents is 8. The molecule has 14 rings (SSSR count). The number of benzene rings is 10. The number of carbonyl (C=O) groups is 1. The van der Waals surface area contributed by atoms with Gasteiger partial charge in [-0.1, -0.05) is 239 Å². The van der Waals surface area contributed by atoms with Crippen LogP contribution in [0.25, 0.3) is 133 Å². The molecular weight excluding hydrogens is 1960 g/mol. The van der Waals surface area contributed by atoms with Crippen molar-refractivity contribution in [2.24, 2.45) is 0 Å². The van der Waals surface area contributed by atoms with Gasteiger partial charge in [-0.2, -0.15) is 0 Å². The first-order valence-electron chi connectivity index (χ1n) is 41.0. The molecule has 10 aromatic carbocycles. The minimum absolute atomic E-state index is 0. The molecule has 0 atom stereocenters. The molecule has 4 aromatic heterocycles. The van der Waals surface area contributed by atoms with Crippen molar-refractivity contribution in [1.29, 1.82) is 0 Å². The number of fused-ring (bicyclic) bond motifs is 6. The van der Waals surface area contributed by atoms with Crippen molar-refractivity contribution in [1.82, 2.24) is 19.9 Å². The monoisotopic (exact) mass is 2080 g/mol. The van der Waals surface area contributed by atoms with Gasteiger partial charge in [-0.25, -0.2) is 19.9 Å². The molecule has 0 fully saturated rings. The number of aliphatic carboxylic acids is 1. The number of aromatic hydroxyl groups is 8. The summed E-state index contributed by atoms with van der Waals surface area (Å²) in [4.78, 5) is 29.9. The van der Waals surface area contributed by atoms with E-state index >= 15 is 0 Å². The van der Waals surface area contributed by atoms with E-state index in [9.17, 15) is 40.9 Å². The molecule has 18 nitrogen and oxygen atoms in total. The van der Waals surface area contributed by atoms with E-state index in [0.29, 0.717) is 112 Å². The van der Waals surface area contributed by atoms with Crippen LogP contribution >= 0.6 is 0 Å². The standard InChI is InChI=1S/2C52H56N2O4.C2H4O2.2Co.4H2O.U.V/c2*1-49(2,3)31-17-21-43(55)35(23-31)37-25-33(51(7,8)9)27-39(47(37)57)41-19-15-29-13-14-30-16-20-42(54-46(30)45(29)53-41)40-28-34(52(10,11)12)26-38(48(40)58)36-24-32(50(4,5)6)18-22-44(36)56;1-2(3)4;;;;;;;;/h2*13-28,55-58H,1-12H3;1H3,(H,3,4);;;4*1H2;;. The van der Waals surface area contributed by atoms with E-state index in [4.69, 9.17) is 29.8 Å². The van der Waals surface area contributed by atoms with Gasteiger partial charge in [-0.05, 0) is 209 Å². The normalized spacial score (nSPS) is 11.8. The van der Waals surface area contributed by atoms with Crippen LogP contribution in [0, 0.1) is 31.1 Å². The first-order valence-corrected chi connectivity index (χ1v) is 41.0. The van der Waals surface area contributed by atoms with Crippen LogP contribution < -0.4 is 0 Å². The minimum Gasteiger partial charge on any atom is -0.507 e. The molecule has 0 aliphatic carbocycles. The molecule has 17 N–H and O–H groups in total. The average Bonchev–Trinajstić information content (AvgIpc) is 0.753. The number of nitrogens with zero attached hydrogens (tertiary/aromatic N) is 4. The van der Waals surface area contributed by atoms with Gasteiger partial charge in [0.1, 0.15) is 46.0 Å². The molecule has 0 aliphatic heterocycles. The fourth-order valence-electron chi connectivity index (χ4n) is 14.9. The molecular formula is C106H124Co2N4O14UV. The Bertz CT molecular complexity index is 5670. The van der Waals surface area contributed by atoms with Crippen molar-refractivity contribution in [3.8, 4) is 136 Å². The fourth-order valence-corrected chi connectivity index (χ4v) is 14.9. The number of rotatable bonds is 8. The number of carboxylic acids is 1. The Morgan fingerprint density at radius 1 is 0.227 bits per heavy atom. The molecule has 0 aliphatic rings. The average molecular weight is 2090 g/mol. The Hall–Kier alpha value is -9.80. The molecule has 0 spiro atoms. The van der Waals surface area contributed by atoms with Crippen molar-refractivity contribution in [3.05, 3.63) is 239 Å². The predicted molar refractivity (Wildman–Crippen MR) is 508 cm³/mol. The second-order valence-electron chi connectivity index (χ2n) is 40.3. The third-order valence-corrected chi connectivity index (χ3v) is 22.7. The first kappa shape index (κ1) is 111. The molecule has 0 saturated heterocycles. The summed E-state index contributed by atoms with van der Waals surface area (Å²) in [5, 5.41) is 104. The number of hydrogen-bond donors (Lipinski definition) is 9. The van der Waals surface area contributed by atoms with Crippen molar-refractivity contribution in [3.63, 3.8) is 0 Å². The largest absolute Gasteiger partial charge is 0.507 e. The van der Waals surface area contributed by atoms with Gasteiger partial charge in [0.2, 0.25) is 0 Å². The molecule has 0 unspecified atom stereocenters. The van der Waals surface area contributed by atoms with Crippen molar-refractivity contribution in [2.45, 2.75) is 216 Å². The second kappa shape index (κ2) is 40.7. The van der Waals surface area contributed by atoms with Crippen LogP contribution in [0.2, 0.25) is 0 Å². The summed E-state index contributed by atoms with van der Waals surface area (Å²) >= 11 is 0. The van der Waals surface area contributed by atoms with Gasteiger partial charge in [-0.3, -0.25) is 4.79 Å². The third-order valence-electron chi connectivity index (χ3n) is 22.7. The summed E-state index contributed by atoms with van der Waals surface area (Å²) in [5.41, 5.74) is 17.8. The Balaban J connectivity index is 0.000000485. The van der Waals surface area contributed by atoms with Gasteiger partial charge >= 0.3 is 0 Å². The summed E-state index contributed by atoms with van der Waals surface area (Å²) in [6, 6.07) is 61.9. The Kier molecular flexibility index (Phi) is 35.1. The zero-order valence-corrected chi connectivity index (χ0v) is 85.5. The van der Waals surface area contributed by atoms with E-state index < -0.39 is 5.97 Å². The summed E-state index contributed by atoms with van der Waals surface area (Å²) in [5.74, 6) is -0.337. The molecule has 0 saturated carbocycles.